The van der Waals surface area contributed by atoms with Crippen LogP contribution in [0.25, 0.3) is 0 Å². The van der Waals surface area contributed by atoms with Crippen molar-refractivity contribution >= 4 is 41.4 Å². The van der Waals surface area contributed by atoms with Crippen molar-refractivity contribution in [2.45, 2.75) is 203 Å². The Morgan fingerprint density at radius 2 is 1.34 bits per heavy atom. The average Bonchev–Trinajstić information content (AvgIpc) is 4.04. The topological polar surface area (TPSA) is 392 Å². The van der Waals surface area contributed by atoms with E-state index in [1.54, 1.807) is 0 Å². The van der Waals surface area contributed by atoms with E-state index in [0.717, 1.165) is 54.7 Å². The largest absolute Gasteiger partial charge is 0.508 e. The molecule has 0 spiro atoms. The van der Waals surface area contributed by atoms with Gasteiger partial charge in [0.1, 0.15) is 60.4 Å². The molecule has 3 aliphatic rings. The molecule has 3 saturated heterocycles. The van der Waals surface area contributed by atoms with E-state index in [-0.39, 0.29) is 63.2 Å². The van der Waals surface area contributed by atoms with Gasteiger partial charge in [-0.2, -0.15) is 0 Å². The van der Waals surface area contributed by atoms with Crippen LogP contribution in [-0.2, 0) is 33.6 Å². The standard InChI is InChI=1S/C52H88N10O14/c1-5-29(2)25-30(3)13-10-8-6-7-9-11-15-40(68)56-35-27-39(67)46(55-23-22-54)60-48(72)36-14-12-24-61(36)52(76)42(38(66)20-21-53)58-50(74)43(45(70)44(69)32-16-18-33(64)19-17-32)59-49(73)37-26-34(65)28-62(37)51(75)41(31(4)63)57-47(35)71/h16-19,29-31,34-39,41-46,55,63-67,69-70H,5-15,20-28,53-54H2,1-4H3,(H,56,68)(H,57,71)(H,58,74)(H,59,73)(H,60,72)/t29-,30+,31+,34+,35-,36-,37-,38+,39+,41-,42-,43-,44-,45-,46-/m0/s1. The SMILES string of the molecule is CC[C@H](C)C[C@H](C)CCCCCCCCC(=O)N[C@H]1C[C@@H](O)[C@@H](NCCN)NC(=O)[C@@H]2CCCN2C(=O)[C@H]([C@H](O)CCN)NC(=O)[C@H]([C@H](O)[C@@H](O)c2ccc(O)cc2)NC(=O)[C@@H]2C[C@@H](O)CN2C(=O)[C@H]([C@@H](C)O)NC1=O. The van der Waals surface area contributed by atoms with Crippen LogP contribution in [0.4, 0.5) is 0 Å². The van der Waals surface area contributed by atoms with Crippen LogP contribution in [0.5, 0.6) is 5.75 Å². The number of phenols is 1. The maximum absolute atomic E-state index is 14.5. The Balaban J connectivity index is 1.71. The molecule has 0 aromatic heterocycles. The summed E-state index contributed by atoms with van der Waals surface area (Å²) >= 11 is 0. The van der Waals surface area contributed by atoms with Crippen molar-refractivity contribution in [1.29, 1.82) is 0 Å². The second-order valence-electron chi connectivity index (χ2n) is 21.1. The molecule has 17 N–H and O–H groups in total. The third-order valence-corrected chi connectivity index (χ3v) is 14.8. The minimum atomic E-state index is -2.23. The summed E-state index contributed by atoms with van der Waals surface area (Å²) in [5.74, 6) is -5.78. The first kappa shape index (κ1) is 63.5. The number of fused-ring (bicyclic) bond motifs is 2. The molecule has 0 bridgehead atoms. The van der Waals surface area contributed by atoms with Crippen molar-refractivity contribution in [3.8, 4) is 5.75 Å². The predicted molar refractivity (Wildman–Crippen MR) is 279 cm³/mol. The number of hydrogen-bond donors (Lipinski definition) is 15. The number of aromatic hydroxyl groups is 1. The maximum atomic E-state index is 14.5. The van der Waals surface area contributed by atoms with Gasteiger partial charge in [0.05, 0.1) is 24.4 Å². The molecule has 0 aliphatic carbocycles. The number of nitrogens with zero attached hydrogens (tertiary/aromatic N) is 2. The first-order valence-electron chi connectivity index (χ1n) is 27.2. The minimum Gasteiger partial charge on any atom is -0.508 e. The van der Waals surface area contributed by atoms with Crippen LogP contribution in [0.3, 0.4) is 0 Å². The van der Waals surface area contributed by atoms with Crippen LogP contribution >= 0.6 is 0 Å². The van der Waals surface area contributed by atoms with Gasteiger partial charge in [0.25, 0.3) is 0 Å². The average molecular weight is 1080 g/mol. The van der Waals surface area contributed by atoms with Gasteiger partial charge in [0, 0.05) is 45.4 Å². The highest BCUT2D eigenvalue weighted by atomic mass is 16.3. The molecule has 4 rings (SSSR count). The normalized spacial score (nSPS) is 27.9. The van der Waals surface area contributed by atoms with Crippen molar-refractivity contribution in [3.63, 3.8) is 0 Å². The predicted octanol–water partition coefficient (Wildman–Crippen LogP) is -2.28. The number of nitrogens with two attached hydrogens (primary N) is 2. The highest BCUT2D eigenvalue weighted by molar-refractivity contribution is 5.98. The molecule has 24 heteroatoms. The summed E-state index contributed by atoms with van der Waals surface area (Å²) in [7, 11) is 0. The molecule has 430 valence electrons. The van der Waals surface area contributed by atoms with Crippen molar-refractivity contribution in [1.82, 2.24) is 41.7 Å². The molecule has 1 aromatic rings. The summed E-state index contributed by atoms with van der Waals surface area (Å²) in [6.07, 6.45) is -4.09. The summed E-state index contributed by atoms with van der Waals surface area (Å²) < 4.78 is 0. The lowest BCUT2D eigenvalue weighted by Gasteiger charge is -2.34. The highest BCUT2D eigenvalue weighted by Gasteiger charge is 2.47. The van der Waals surface area contributed by atoms with Gasteiger partial charge in [-0.1, -0.05) is 77.8 Å². The fourth-order valence-corrected chi connectivity index (χ4v) is 10.2. The third kappa shape index (κ3) is 18.6. The van der Waals surface area contributed by atoms with Crippen molar-refractivity contribution < 1.29 is 69.3 Å². The summed E-state index contributed by atoms with van der Waals surface area (Å²) in [6.45, 7) is 7.23. The first-order chi connectivity index (χ1) is 36.1. The Morgan fingerprint density at radius 1 is 0.724 bits per heavy atom. The highest BCUT2D eigenvalue weighted by Crippen LogP contribution is 2.26. The zero-order valence-corrected chi connectivity index (χ0v) is 44.6. The molecular weight excluding hydrogens is 989 g/mol. The van der Waals surface area contributed by atoms with Gasteiger partial charge in [-0.15, -0.1) is 0 Å². The van der Waals surface area contributed by atoms with Crippen molar-refractivity contribution in [3.05, 3.63) is 29.8 Å². The van der Waals surface area contributed by atoms with E-state index in [9.17, 15) is 69.3 Å². The van der Waals surface area contributed by atoms with E-state index in [2.05, 4.69) is 52.7 Å². The van der Waals surface area contributed by atoms with E-state index in [4.69, 9.17) is 11.5 Å². The Labute approximate surface area is 445 Å². The van der Waals surface area contributed by atoms with Crippen molar-refractivity contribution in [2.24, 2.45) is 23.3 Å². The number of carbonyl (C=O) groups excluding carboxylic acids is 7. The van der Waals surface area contributed by atoms with E-state index >= 15 is 0 Å². The number of nitrogens with one attached hydrogen (secondary N) is 6. The van der Waals surface area contributed by atoms with Gasteiger partial charge in [-0.3, -0.25) is 38.9 Å². The van der Waals surface area contributed by atoms with Crippen LogP contribution in [0, 0.1) is 11.8 Å². The second-order valence-corrected chi connectivity index (χ2v) is 21.1. The smallest absolute Gasteiger partial charge is 0.248 e. The van der Waals surface area contributed by atoms with E-state index in [0.29, 0.717) is 18.3 Å². The molecule has 7 amide bonds. The summed E-state index contributed by atoms with van der Waals surface area (Å²) in [5, 5.41) is 93.6. The van der Waals surface area contributed by atoms with Crippen LogP contribution in [0.2, 0.25) is 0 Å². The molecule has 3 heterocycles. The Morgan fingerprint density at radius 3 is 1.99 bits per heavy atom. The molecule has 0 unspecified atom stereocenters. The molecule has 15 atom stereocenters. The van der Waals surface area contributed by atoms with E-state index in [1.807, 2.05) is 0 Å². The monoisotopic (exact) mass is 1080 g/mol. The zero-order chi connectivity index (χ0) is 56.2. The Kier molecular flexibility index (Phi) is 26.2. The number of aliphatic hydroxyl groups excluding tert-OH is 6. The van der Waals surface area contributed by atoms with Gasteiger partial charge in [-0.25, -0.2) is 0 Å². The van der Waals surface area contributed by atoms with Gasteiger partial charge < -0.3 is 83.6 Å². The number of hydrogen-bond acceptors (Lipinski definition) is 17. The van der Waals surface area contributed by atoms with Crippen LogP contribution in [-0.4, -0.2) is 193 Å². The number of aliphatic hydroxyl groups is 6. The lowest BCUT2D eigenvalue weighted by Crippen LogP contribution is -2.64. The number of phenolic OH excluding ortho intramolecular Hbond substituents is 1. The summed E-state index contributed by atoms with van der Waals surface area (Å²) in [4.78, 5) is 102. The molecule has 76 heavy (non-hydrogen) atoms. The number of unbranched alkanes of at least 4 members (excludes halogenated alkanes) is 5. The number of amides is 7. The minimum absolute atomic E-state index is 0.00412. The Bertz CT molecular complexity index is 2040. The summed E-state index contributed by atoms with van der Waals surface area (Å²) in [5.41, 5.74) is 11.5. The number of carbonyl (C=O) groups is 7. The molecule has 24 nitrogen and oxygen atoms in total. The Hall–Kier alpha value is -5.05. The van der Waals surface area contributed by atoms with Crippen LogP contribution in [0.1, 0.15) is 136 Å². The lowest BCUT2D eigenvalue weighted by atomic mass is 9.91. The second kappa shape index (κ2) is 31.4. The third-order valence-electron chi connectivity index (χ3n) is 14.8. The summed E-state index contributed by atoms with van der Waals surface area (Å²) in [6, 6.07) is -5.54. The molecule has 0 radical (unpaired) electrons. The van der Waals surface area contributed by atoms with Gasteiger partial charge in [0.15, 0.2) is 0 Å². The maximum Gasteiger partial charge on any atom is 0.248 e. The number of benzene rings is 1. The molecular formula is C52H88N10O14. The lowest BCUT2D eigenvalue weighted by molar-refractivity contribution is -0.147. The quantitative estimate of drug-likeness (QED) is 0.0513. The van der Waals surface area contributed by atoms with Gasteiger partial charge >= 0.3 is 0 Å². The fraction of sp³-hybridized carbons (Fsp3) is 0.750. The van der Waals surface area contributed by atoms with Crippen LogP contribution < -0.4 is 43.4 Å². The molecule has 3 fully saturated rings. The number of rotatable bonds is 23. The van der Waals surface area contributed by atoms with Crippen molar-refractivity contribution in [2.75, 3.05) is 32.7 Å². The first-order valence-corrected chi connectivity index (χ1v) is 27.2. The molecule has 3 aliphatic heterocycles. The molecule has 0 saturated carbocycles. The van der Waals surface area contributed by atoms with Gasteiger partial charge in [0.2, 0.25) is 41.4 Å². The van der Waals surface area contributed by atoms with E-state index in [1.165, 1.54) is 37.6 Å². The zero-order valence-electron chi connectivity index (χ0n) is 44.6. The van der Waals surface area contributed by atoms with Crippen LogP contribution in [0.15, 0.2) is 24.3 Å². The molecule has 1 aromatic carbocycles. The fourth-order valence-electron chi connectivity index (χ4n) is 10.2. The van der Waals surface area contributed by atoms with Gasteiger partial charge in [-0.05, 0) is 75.1 Å². The van der Waals surface area contributed by atoms with E-state index < -0.39 is 140 Å².